The van der Waals surface area contributed by atoms with Crippen molar-refractivity contribution < 1.29 is 9.50 Å². The first-order valence-electron chi connectivity index (χ1n) is 6.55. The van der Waals surface area contributed by atoms with Crippen molar-refractivity contribution in [1.29, 1.82) is 0 Å². The van der Waals surface area contributed by atoms with Crippen LogP contribution >= 0.6 is 11.3 Å². The highest BCUT2D eigenvalue weighted by Gasteiger charge is 2.19. The Labute approximate surface area is 122 Å². The molecule has 0 bridgehead atoms. The van der Waals surface area contributed by atoms with Crippen molar-refractivity contribution in [2.24, 2.45) is 5.92 Å². The van der Waals surface area contributed by atoms with E-state index in [0.717, 1.165) is 19.3 Å². The van der Waals surface area contributed by atoms with Crippen molar-refractivity contribution >= 4 is 11.3 Å². The van der Waals surface area contributed by atoms with Gasteiger partial charge in [0, 0.05) is 19.0 Å². The van der Waals surface area contributed by atoms with Gasteiger partial charge in [0.25, 0.3) is 0 Å². The van der Waals surface area contributed by atoms with Gasteiger partial charge in [-0.15, -0.1) is 0 Å². The topological polar surface area (TPSA) is 36.4 Å². The van der Waals surface area contributed by atoms with Crippen LogP contribution in [-0.2, 0) is 6.54 Å². The zero-order chi connectivity index (χ0) is 14.5. The minimum Gasteiger partial charge on any atom is -0.386 e. The Morgan fingerprint density at radius 2 is 2.20 bits per heavy atom. The Morgan fingerprint density at radius 1 is 1.40 bits per heavy atom. The van der Waals surface area contributed by atoms with Crippen molar-refractivity contribution in [3.05, 3.63) is 52.2 Å². The molecule has 2 unspecified atom stereocenters. The van der Waals surface area contributed by atoms with Gasteiger partial charge >= 0.3 is 0 Å². The number of hydrogen-bond acceptors (Lipinski definition) is 4. The molecule has 0 radical (unpaired) electrons. The van der Waals surface area contributed by atoms with Gasteiger partial charge in [-0.2, -0.15) is 11.3 Å². The third kappa shape index (κ3) is 4.10. The minimum atomic E-state index is -0.680. The first-order valence-corrected chi connectivity index (χ1v) is 7.49. The first kappa shape index (κ1) is 15.1. The predicted molar refractivity (Wildman–Crippen MR) is 79.0 cm³/mol. The van der Waals surface area contributed by atoms with Crippen LogP contribution < -0.4 is 0 Å². The van der Waals surface area contributed by atoms with E-state index in [0.29, 0.717) is 5.69 Å². The monoisotopic (exact) mass is 294 g/mol. The van der Waals surface area contributed by atoms with Gasteiger partial charge in [0.1, 0.15) is 5.82 Å². The first-order chi connectivity index (χ1) is 9.56. The average Bonchev–Trinajstić information content (AvgIpc) is 2.91. The lowest BCUT2D eigenvalue weighted by Crippen LogP contribution is -2.27. The Morgan fingerprint density at radius 3 is 2.80 bits per heavy atom. The van der Waals surface area contributed by atoms with Crippen molar-refractivity contribution in [2.75, 3.05) is 13.6 Å². The highest BCUT2D eigenvalue weighted by Crippen LogP contribution is 2.21. The summed E-state index contributed by atoms with van der Waals surface area (Å²) >= 11 is 1.68. The van der Waals surface area contributed by atoms with Crippen LogP contribution in [0, 0.1) is 11.7 Å². The van der Waals surface area contributed by atoms with Gasteiger partial charge in [-0.3, -0.25) is 4.98 Å². The molecule has 2 aromatic rings. The molecular weight excluding hydrogens is 275 g/mol. The molecule has 0 saturated heterocycles. The van der Waals surface area contributed by atoms with Gasteiger partial charge in [-0.1, -0.05) is 6.92 Å². The summed E-state index contributed by atoms with van der Waals surface area (Å²) in [6.07, 6.45) is 0.459. The maximum Gasteiger partial charge on any atom is 0.141 e. The van der Waals surface area contributed by atoms with Gasteiger partial charge in [-0.05, 0) is 41.6 Å². The van der Waals surface area contributed by atoms with E-state index in [2.05, 4.69) is 26.7 Å². The van der Waals surface area contributed by atoms with E-state index in [-0.39, 0.29) is 11.7 Å². The second-order valence-corrected chi connectivity index (χ2v) is 5.93. The molecule has 2 heterocycles. The van der Waals surface area contributed by atoms with Gasteiger partial charge in [0.15, 0.2) is 0 Å². The summed E-state index contributed by atoms with van der Waals surface area (Å²) < 4.78 is 12.8. The summed E-state index contributed by atoms with van der Waals surface area (Å²) in [5, 5.41) is 14.4. The fourth-order valence-electron chi connectivity index (χ4n) is 2.20. The molecule has 2 atom stereocenters. The largest absolute Gasteiger partial charge is 0.386 e. The number of aliphatic hydroxyl groups excluding tert-OH is 1. The molecule has 0 saturated carbocycles. The van der Waals surface area contributed by atoms with E-state index in [1.54, 1.807) is 11.3 Å². The molecular formula is C15H19FN2OS. The molecule has 0 aliphatic rings. The fraction of sp³-hybridized carbons (Fsp3) is 0.400. The zero-order valence-corrected chi connectivity index (χ0v) is 12.5. The van der Waals surface area contributed by atoms with Crippen molar-refractivity contribution in [3.8, 4) is 0 Å². The number of thiophene rings is 1. The Hall–Kier alpha value is -1.30. The number of halogens is 1. The van der Waals surface area contributed by atoms with E-state index in [1.807, 2.05) is 14.0 Å². The Kier molecular flexibility index (Phi) is 5.23. The van der Waals surface area contributed by atoms with Crippen LogP contribution in [0.2, 0.25) is 0 Å². The molecule has 0 amide bonds. The Balaban J connectivity index is 1.90. The van der Waals surface area contributed by atoms with Crippen LogP contribution in [0.1, 0.15) is 24.3 Å². The van der Waals surface area contributed by atoms with Crippen LogP contribution in [0.15, 0.2) is 35.2 Å². The fourth-order valence-corrected chi connectivity index (χ4v) is 2.86. The second kappa shape index (κ2) is 6.92. The summed E-state index contributed by atoms with van der Waals surface area (Å²) in [7, 11) is 2.03. The molecule has 3 nitrogen and oxygen atoms in total. The van der Waals surface area contributed by atoms with Crippen molar-refractivity contribution in [3.63, 3.8) is 0 Å². The van der Waals surface area contributed by atoms with E-state index in [9.17, 15) is 9.50 Å². The molecule has 5 heteroatoms. The lowest BCUT2D eigenvalue weighted by molar-refractivity contribution is 0.0897. The maximum atomic E-state index is 12.8. The summed E-state index contributed by atoms with van der Waals surface area (Å²) in [5.74, 6) is -0.361. The van der Waals surface area contributed by atoms with E-state index >= 15 is 0 Å². The molecule has 0 aromatic carbocycles. The number of aliphatic hydroxyl groups is 1. The molecule has 0 spiro atoms. The summed E-state index contributed by atoms with van der Waals surface area (Å²) in [5.41, 5.74) is 1.79. The zero-order valence-electron chi connectivity index (χ0n) is 11.7. The number of pyridine rings is 1. The van der Waals surface area contributed by atoms with E-state index < -0.39 is 6.10 Å². The summed E-state index contributed by atoms with van der Waals surface area (Å²) in [6.45, 7) is 3.58. The highest BCUT2D eigenvalue weighted by atomic mass is 32.1. The van der Waals surface area contributed by atoms with Crippen LogP contribution in [0.5, 0.6) is 0 Å². The third-order valence-corrected chi connectivity index (χ3v) is 3.96. The number of hydrogen-bond donors (Lipinski definition) is 1. The third-order valence-electron chi connectivity index (χ3n) is 3.22. The van der Waals surface area contributed by atoms with Crippen LogP contribution in [0.25, 0.3) is 0 Å². The molecule has 2 aromatic heterocycles. The number of rotatable bonds is 6. The van der Waals surface area contributed by atoms with Gasteiger partial charge in [0.2, 0.25) is 0 Å². The van der Waals surface area contributed by atoms with Gasteiger partial charge in [0.05, 0.1) is 18.0 Å². The van der Waals surface area contributed by atoms with Crippen molar-refractivity contribution in [1.82, 2.24) is 9.88 Å². The van der Waals surface area contributed by atoms with Gasteiger partial charge in [-0.25, -0.2) is 4.39 Å². The van der Waals surface area contributed by atoms with Crippen LogP contribution in [0.4, 0.5) is 4.39 Å². The Bertz CT molecular complexity index is 515. The summed E-state index contributed by atoms with van der Waals surface area (Å²) in [4.78, 5) is 6.11. The average molecular weight is 294 g/mol. The molecule has 0 fully saturated rings. The van der Waals surface area contributed by atoms with Crippen LogP contribution in [-0.4, -0.2) is 28.6 Å². The number of aromatic nitrogens is 1. The molecule has 0 aliphatic heterocycles. The molecule has 1 N–H and O–H groups in total. The summed E-state index contributed by atoms with van der Waals surface area (Å²) in [6, 6.07) is 4.96. The SMILES string of the molecule is CC(CN(C)Cc1ccsc1)C(O)c1ccc(F)cn1. The molecule has 0 aliphatic carbocycles. The van der Waals surface area contributed by atoms with E-state index in [1.165, 1.54) is 17.7 Å². The predicted octanol–water partition coefficient (Wildman–Crippen LogP) is 3.08. The smallest absolute Gasteiger partial charge is 0.141 e. The molecule has 2 rings (SSSR count). The molecule has 20 heavy (non-hydrogen) atoms. The lowest BCUT2D eigenvalue weighted by atomic mass is 10.0. The normalized spacial score (nSPS) is 14.4. The highest BCUT2D eigenvalue weighted by molar-refractivity contribution is 7.07. The molecule has 108 valence electrons. The van der Waals surface area contributed by atoms with E-state index in [4.69, 9.17) is 0 Å². The lowest BCUT2D eigenvalue weighted by Gasteiger charge is -2.24. The van der Waals surface area contributed by atoms with Crippen LogP contribution in [0.3, 0.4) is 0 Å². The van der Waals surface area contributed by atoms with Crippen molar-refractivity contribution in [2.45, 2.75) is 19.6 Å². The quantitative estimate of drug-likeness (QED) is 0.889. The second-order valence-electron chi connectivity index (χ2n) is 5.15. The minimum absolute atomic E-state index is 0.0246. The number of nitrogens with zero attached hydrogens (tertiary/aromatic N) is 2. The maximum absolute atomic E-state index is 12.8. The van der Waals surface area contributed by atoms with Gasteiger partial charge < -0.3 is 10.0 Å². The standard InChI is InChI=1S/C15H19FN2OS/c1-11(8-18(2)9-12-5-6-20-10-12)15(19)14-4-3-13(16)7-17-14/h3-7,10-11,15,19H,8-9H2,1-2H3.